The van der Waals surface area contributed by atoms with Crippen LogP contribution in [0.5, 0.6) is 0 Å². The summed E-state index contributed by atoms with van der Waals surface area (Å²) in [5.74, 6) is 0.526. The third-order valence-electron chi connectivity index (χ3n) is 9.17. The lowest BCUT2D eigenvalue weighted by Crippen LogP contribution is -2.20. The number of hydrogen-bond acceptors (Lipinski definition) is 9. The molecule has 60 heavy (non-hydrogen) atoms. The normalized spacial score (nSPS) is 10.6. The van der Waals surface area contributed by atoms with E-state index in [2.05, 4.69) is 46.2 Å². The van der Waals surface area contributed by atoms with Crippen molar-refractivity contribution in [1.29, 1.82) is 0 Å². The Morgan fingerprint density at radius 1 is 0.450 bits per heavy atom. The molecule has 0 fully saturated rings. The number of carbonyl (C=O) groups excluding carboxylic acids is 2. The summed E-state index contributed by atoms with van der Waals surface area (Å²) in [6, 6.07) is 52.6. The maximum Gasteiger partial charge on any atom is 0.247 e. The number of hydrogen-bond donors (Lipinski definition) is 2. The molecule has 2 N–H and O–H groups in total. The molecular weight excluding hydrogens is 751 g/mol. The molecule has 0 aliphatic rings. The first-order chi connectivity index (χ1) is 29.6. The third-order valence-corrected chi connectivity index (χ3v) is 9.17. The summed E-state index contributed by atoms with van der Waals surface area (Å²) in [7, 11) is 0. The highest BCUT2D eigenvalue weighted by molar-refractivity contribution is 5.91. The van der Waals surface area contributed by atoms with Crippen LogP contribution < -0.4 is 10.6 Å². The number of anilines is 2. The van der Waals surface area contributed by atoms with E-state index < -0.39 is 0 Å². The van der Waals surface area contributed by atoms with E-state index in [0.29, 0.717) is 23.0 Å². The number of pyridine rings is 3. The molecule has 9 rings (SSSR count). The number of carbonyl (C=O) groups is 2. The molecule has 13 nitrogen and oxygen atoms in total. The van der Waals surface area contributed by atoms with Gasteiger partial charge in [0.1, 0.15) is 36.1 Å². The molecule has 0 spiro atoms. The van der Waals surface area contributed by atoms with Crippen LogP contribution in [0.2, 0.25) is 0 Å². The first-order valence-electron chi connectivity index (χ1n) is 19.0. The van der Waals surface area contributed by atoms with Crippen molar-refractivity contribution in [2.75, 3.05) is 10.6 Å². The third kappa shape index (κ3) is 9.73. The molecule has 5 aromatic heterocycles. The summed E-state index contributed by atoms with van der Waals surface area (Å²) in [6.45, 7) is 0.0636. The largest absolute Gasteiger partial charge is 0.309 e. The molecule has 5 heterocycles. The lowest BCUT2D eigenvalue weighted by atomic mass is 10.0. The van der Waals surface area contributed by atoms with Crippen molar-refractivity contribution in [3.8, 4) is 56.2 Å². The van der Waals surface area contributed by atoms with Gasteiger partial charge in [-0.1, -0.05) is 138 Å². The van der Waals surface area contributed by atoms with E-state index in [1.807, 2.05) is 152 Å². The maximum absolute atomic E-state index is 12.8. The van der Waals surface area contributed by atoms with Crippen LogP contribution in [0.25, 0.3) is 56.2 Å². The molecule has 0 unspecified atom stereocenters. The zero-order valence-corrected chi connectivity index (χ0v) is 32.2. The van der Waals surface area contributed by atoms with E-state index in [0.717, 1.165) is 44.8 Å². The van der Waals surface area contributed by atoms with Gasteiger partial charge in [-0.2, -0.15) is 0 Å². The molecule has 2 amide bonds. The van der Waals surface area contributed by atoms with Gasteiger partial charge in [0.15, 0.2) is 0 Å². The van der Waals surface area contributed by atoms with E-state index in [4.69, 9.17) is 0 Å². The zero-order valence-electron chi connectivity index (χ0n) is 32.2. The topological polar surface area (TPSA) is 158 Å². The van der Waals surface area contributed by atoms with E-state index in [1.165, 1.54) is 4.68 Å². The van der Waals surface area contributed by atoms with Gasteiger partial charge in [0.05, 0.1) is 17.6 Å². The number of benzene rings is 4. The molecule has 0 saturated carbocycles. The Hall–Kier alpha value is -8.45. The van der Waals surface area contributed by atoms with Gasteiger partial charge >= 0.3 is 0 Å². The van der Waals surface area contributed by atoms with Crippen molar-refractivity contribution in [1.82, 2.24) is 44.9 Å². The van der Waals surface area contributed by atoms with E-state index in [1.54, 1.807) is 41.6 Å². The fourth-order valence-electron chi connectivity index (χ4n) is 6.29. The number of aromatic nitrogens is 9. The average Bonchev–Trinajstić information content (AvgIpc) is 3.96. The molecule has 292 valence electrons. The molecule has 0 aliphatic heterocycles. The second-order valence-corrected chi connectivity index (χ2v) is 13.4. The monoisotopic (exact) mass is 787 g/mol. The molecular formula is C47H37N11O2. The summed E-state index contributed by atoms with van der Waals surface area (Å²) in [5.41, 5.74) is 8.88. The highest BCUT2D eigenvalue weighted by Gasteiger charge is 2.19. The Morgan fingerprint density at radius 2 is 0.967 bits per heavy atom. The van der Waals surface area contributed by atoms with Crippen molar-refractivity contribution in [2.45, 2.75) is 13.1 Å². The molecule has 13 heteroatoms. The van der Waals surface area contributed by atoms with E-state index in [9.17, 15) is 9.59 Å². The second-order valence-electron chi connectivity index (χ2n) is 13.4. The minimum absolute atomic E-state index is 0.0200. The van der Waals surface area contributed by atoms with Gasteiger partial charge in [0.2, 0.25) is 11.8 Å². The Bertz CT molecular complexity index is 2760. The van der Waals surface area contributed by atoms with Crippen LogP contribution in [-0.2, 0) is 22.7 Å². The number of rotatable bonds is 11. The Balaban J connectivity index is 0.000000170. The SMILES string of the molecule is O=C(Cn1cc(-c2ccccn2)nn1)Nc1ccc(-c2ccccc2)cn1.O=C(Cn1nnc(-c2ccccc2)c1-c1ccccc1)Nc1ccc(-c2ccccc2)cn1. The Morgan fingerprint density at radius 3 is 1.48 bits per heavy atom. The molecule has 0 bridgehead atoms. The van der Waals surface area contributed by atoms with E-state index >= 15 is 0 Å². The van der Waals surface area contributed by atoms with Crippen molar-refractivity contribution in [3.63, 3.8) is 0 Å². The molecule has 4 aromatic carbocycles. The van der Waals surface area contributed by atoms with Crippen LogP contribution in [0.1, 0.15) is 0 Å². The van der Waals surface area contributed by atoms with Gasteiger partial charge in [0, 0.05) is 40.8 Å². The van der Waals surface area contributed by atoms with Crippen molar-refractivity contribution in [2.24, 2.45) is 0 Å². The van der Waals surface area contributed by atoms with Crippen LogP contribution in [0.4, 0.5) is 11.6 Å². The Kier molecular flexibility index (Phi) is 12.0. The van der Waals surface area contributed by atoms with Crippen molar-refractivity contribution >= 4 is 23.5 Å². The summed E-state index contributed by atoms with van der Waals surface area (Å²) >= 11 is 0. The lowest BCUT2D eigenvalue weighted by Gasteiger charge is -2.09. The number of nitrogens with one attached hydrogen (secondary N) is 2. The van der Waals surface area contributed by atoms with Crippen LogP contribution in [0.15, 0.2) is 189 Å². The van der Waals surface area contributed by atoms with Crippen LogP contribution in [0.3, 0.4) is 0 Å². The highest BCUT2D eigenvalue weighted by Crippen LogP contribution is 2.30. The minimum Gasteiger partial charge on any atom is -0.309 e. The maximum atomic E-state index is 12.8. The van der Waals surface area contributed by atoms with Gasteiger partial charge in [0.25, 0.3) is 0 Å². The van der Waals surface area contributed by atoms with Gasteiger partial charge in [-0.3, -0.25) is 14.6 Å². The predicted octanol–water partition coefficient (Wildman–Crippen LogP) is 8.35. The smallest absolute Gasteiger partial charge is 0.247 e. The summed E-state index contributed by atoms with van der Waals surface area (Å²) < 4.78 is 3.10. The summed E-state index contributed by atoms with van der Waals surface area (Å²) in [6.07, 6.45) is 6.86. The molecule has 9 aromatic rings. The Labute approximate surface area is 345 Å². The molecule has 0 radical (unpaired) electrons. The standard InChI is InChI=1S/C27H21N5O.C20H16N6O/c33-25(29-24-17-16-23(18-28-24)20-10-4-1-5-11-20)19-32-27(22-14-8-3-9-15-22)26(30-31-32)21-12-6-2-7-13-21;27-20(14-26-13-18(24-25-26)17-8-4-5-11-21-17)23-19-10-9-16(12-22-19)15-6-2-1-3-7-15/h1-18H,19H2,(H,28,29,33);1-13H,14H2,(H,22,23,27). The van der Waals surface area contributed by atoms with Crippen molar-refractivity contribution in [3.05, 3.63) is 189 Å². The highest BCUT2D eigenvalue weighted by atomic mass is 16.2. The number of nitrogens with zero attached hydrogens (tertiary/aromatic N) is 9. The summed E-state index contributed by atoms with van der Waals surface area (Å²) in [5, 5.41) is 22.3. The molecule has 0 saturated heterocycles. The number of amides is 2. The van der Waals surface area contributed by atoms with Gasteiger partial charge < -0.3 is 10.6 Å². The molecule has 0 aliphatic carbocycles. The second kappa shape index (κ2) is 18.7. The first-order valence-corrected chi connectivity index (χ1v) is 19.0. The minimum atomic E-state index is -0.229. The van der Waals surface area contributed by atoms with Gasteiger partial charge in [-0.25, -0.2) is 19.3 Å². The van der Waals surface area contributed by atoms with Crippen LogP contribution >= 0.6 is 0 Å². The average molecular weight is 788 g/mol. The van der Waals surface area contributed by atoms with E-state index in [-0.39, 0.29) is 24.9 Å². The fourth-order valence-corrected chi connectivity index (χ4v) is 6.29. The molecule has 0 atom stereocenters. The zero-order chi connectivity index (χ0) is 40.9. The quantitative estimate of drug-likeness (QED) is 0.131. The van der Waals surface area contributed by atoms with Gasteiger partial charge in [-0.15, -0.1) is 10.2 Å². The van der Waals surface area contributed by atoms with Crippen molar-refractivity contribution < 1.29 is 9.59 Å². The lowest BCUT2D eigenvalue weighted by molar-refractivity contribution is -0.117. The fraction of sp³-hybridized carbons (Fsp3) is 0.0426. The van der Waals surface area contributed by atoms with Crippen LogP contribution in [-0.4, -0.2) is 56.8 Å². The van der Waals surface area contributed by atoms with Crippen LogP contribution in [0, 0.1) is 0 Å². The van der Waals surface area contributed by atoms with Gasteiger partial charge in [-0.05, 0) is 47.5 Å². The predicted molar refractivity (Wildman–Crippen MR) is 231 cm³/mol. The first kappa shape index (κ1) is 38.4. The summed E-state index contributed by atoms with van der Waals surface area (Å²) in [4.78, 5) is 38.0.